The molecule has 24 heavy (non-hydrogen) atoms. The Kier molecular flexibility index (Phi) is 3.76. The number of benzene rings is 1. The molecule has 124 valence electrons. The molecule has 0 saturated heterocycles. The van der Waals surface area contributed by atoms with E-state index in [2.05, 4.69) is 9.97 Å². The van der Waals surface area contributed by atoms with E-state index in [1.165, 1.54) is 30.4 Å². The van der Waals surface area contributed by atoms with Crippen molar-refractivity contribution in [2.75, 3.05) is 7.11 Å². The number of ether oxygens (including phenoxy) is 1. The number of aromatic amines is 1. The summed E-state index contributed by atoms with van der Waals surface area (Å²) in [6.45, 7) is 0. The van der Waals surface area contributed by atoms with Gasteiger partial charge < -0.3 is 14.8 Å². The van der Waals surface area contributed by atoms with Gasteiger partial charge in [0.25, 0.3) is 5.56 Å². The SMILES string of the molecule is COc1cc(-c2nc3sc4c(c3c(=O)[nH]2)CCCCC4)ccc1O. The van der Waals surface area contributed by atoms with Gasteiger partial charge in [0.15, 0.2) is 11.5 Å². The lowest BCUT2D eigenvalue weighted by Crippen LogP contribution is -2.10. The molecule has 0 atom stereocenters. The molecule has 0 unspecified atom stereocenters. The first-order valence-electron chi connectivity index (χ1n) is 8.09. The van der Waals surface area contributed by atoms with Crippen molar-refractivity contribution in [3.05, 3.63) is 39.0 Å². The summed E-state index contributed by atoms with van der Waals surface area (Å²) in [5, 5.41) is 10.5. The van der Waals surface area contributed by atoms with E-state index in [-0.39, 0.29) is 11.3 Å². The molecule has 6 heteroatoms. The lowest BCUT2D eigenvalue weighted by molar-refractivity contribution is 0.373. The number of hydrogen-bond acceptors (Lipinski definition) is 5. The molecular formula is C18H18N2O3S. The Morgan fingerprint density at radius 3 is 2.92 bits per heavy atom. The smallest absolute Gasteiger partial charge is 0.260 e. The van der Waals surface area contributed by atoms with Crippen LogP contribution in [0.25, 0.3) is 21.6 Å². The fourth-order valence-corrected chi connectivity index (χ4v) is 4.56. The van der Waals surface area contributed by atoms with Crippen LogP contribution in [-0.2, 0) is 12.8 Å². The molecule has 0 radical (unpaired) electrons. The van der Waals surface area contributed by atoms with Gasteiger partial charge in [0.05, 0.1) is 12.5 Å². The average molecular weight is 342 g/mol. The van der Waals surface area contributed by atoms with Crippen LogP contribution in [0.1, 0.15) is 29.7 Å². The summed E-state index contributed by atoms with van der Waals surface area (Å²) in [6.07, 6.45) is 5.54. The Morgan fingerprint density at radius 2 is 2.08 bits per heavy atom. The van der Waals surface area contributed by atoms with Gasteiger partial charge in [0, 0.05) is 10.4 Å². The van der Waals surface area contributed by atoms with Crippen molar-refractivity contribution in [1.29, 1.82) is 0 Å². The number of rotatable bonds is 2. The monoisotopic (exact) mass is 342 g/mol. The average Bonchev–Trinajstić information content (AvgIpc) is 2.77. The van der Waals surface area contributed by atoms with Crippen LogP contribution in [0.2, 0.25) is 0 Å². The number of aromatic hydroxyl groups is 1. The number of methoxy groups -OCH3 is 1. The van der Waals surface area contributed by atoms with E-state index in [9.17, 15) is 9.90 Å². The molecule has 0 spiro atoms. The van der Waals surface area contributed by atoms with E-state index in [1.54, 1.807) is 29.5 Å². The number of hydrogen-bond donors (Lipinski definition) is 2. The van der Waals surface area contributed by atoms with Crippen molar-refractivity contribution in [1.82, 2.24) is 9.97 Å². The standard InChI is InChI=1S/C18H18N2O3S/c1-23-13-9-10(7-8-12(13)21)16-19-17(22)15-11-5-3-2-4-6-14(11)24-18(15)20-16/h7-9,21H,2-6H2,1H3,(H,19,20,22). The number of aryl methyl sites for hydroxylation is 2. The minimum absolute atomic E-state index is 0.0625. The Morgan fingerprint density at radius 1 is 1.25 bits per heavy atom. The molecule has 5 nitrogen and oxygen atoms in total. The van der Waals surface area contributed by atoms with Crippen LogP contribution in [0.3, 0.4) is 0 Å². The van der Waals surface area contributed by atoms with Crippen LogP contribution < -0.4 is 10.3 Å². The second kappa shape index (κ2) is 5.94. The first kappa shape index (κ1) is 15.2. The molecule has 2 heterocycles. The first-order valence-corrected chi connectivity index (χ1v) is 8.91. The molecule has 0 bridgehead atoms. The van der Waals surface area contributed by atoms with Crippen molar-refractivity contribution in [3.63, 3.8) is 0 Å². The van der Waals surface area contributed by atoms with Crippen LogP contribution in [0.4, 0.5) is 0 Å². The second-order valence-electron chi connectivity index (χ2n) is 6.05. The fourth-order valence-electron chi connectivity index (χ4n) is 3.30. The Balaban J connectivity index is 1.88. The van der Waals surface area contributed by atoms with Gasteiger partial charge in [-0.2, -0.15) is 0 Å². The van der Waals surface area contributed by atoms with Gasteiger partial charge in [-0.05, 0) is 49.4 Å². The summed E-state index contributed by atoms with van der Waals surface area (Å²) < 4.78 is 5.14. The Hall–Kier alpha value is -2.34. The third kappa shape index (κ3) is 2.47. The number of aromatic nitrogens is 2. The molecule has 0 saturated carbocycles. The Labute approximate surface area is 143 Å². The number of H-pyrrole nitrogens is 1. The molecule has 1 aliphatic carbocycles. The van der Waals surface area contributed by atoms with E-state index >= 15 is 0 Å². The van der Waals surface area contributed by atoms with Crippen LogP contribution in [0.5, 0.6) is 11.5 Å². The summed E-state index contributed by atoms with van der Waals surface area (Å²) in [4.78, 5) is 22.3. The van der Waals surface area contributed by atoms with Crippen LogP contribution in [-0.4, -0.2) is 22.2 Å². The van der Waals surface area contributed by atoms with E-state index in [1.807, 2.05) is 0 Å². The van der Waals surface area contributed by atoms with Crippen molar-refractivity contribution in [3.8, 4) is 22.9 Å². The molecule has 4 rings (SSSR count). The topological polar surface area (TPSA) is 75.2 Å². The molecular weight excluding hydrogens is 324 g/mol. The minimum atomic E-state index is -0.0820. The van der Waals surface area contributed by atoms with Gasteiger partial charge in [-0.25, -0.2) is 4.98 Å². The van der Waals surface area contributed by atoms with Gasteiger partial charge in [-0.3, -0.25) is 4.79 Å². The predicted molar refractivity (Wildman–Crippen MR) is 95.2 cm³/mol. The van der Waals surface area contributed by atoms with Gasteiger partial charge in [0.2, 0.25) is 0 Å². The fraction of sp³-hybridized carbons (Fsp3) is 0.333. The van der Waals surface area contributed by atoms with E-state index in [4.69, 9.17) is 4.74 Å². The van der Waals surface area contributed by atoms with E-state index in [0.29, 0.717) is 17.1 Å². The largest absolute Gasteiger partial charge is 0.504 e. The molecule has 2 N–H and O–H groups in total. The second-order valence-corrected chi connectivity index (χ2v) is 7.13. The van der Waals surface area contributed by atoms with Crippen molar-refractivity contribution in [2.45, 2.75) is 32.1 Å². The first-order chi connectivity index (χ1) is 11.7. The lowest BCUT2D eigenvalue weighted by Gasteiger charge is -2.06. The summed E-state index contributed by atoms with van der Waals surface area (Å²) in [5.74, 6) is 0.923. The maximum absolute atomic E-state index is 12.7. The number of phenols is 1. The predicted octanol–water partition coefficient (Wildman–Crippen LogP) is 3.63. The molecule has 0 amide bonds. The highest BCUT2D eigenvalue weighted by Gasteiger charge is 2.19. The number of nitrogens with one attached hydrogen (secondary N) is 1. The number of thiophene rings is 1. The van der Waals surface area contributed by atoms with Crippen LogP contribution in [0.15, 0.2) is 23.0 Å². The van der Waals surface area contributed by atoms with Crippen molar-refractivity contribution < 1.29 is 9.84 Å². The van der Waals surface area contributed by atoms with Crippen molar-refractivity contribution in [2.24, 2.45) is 0 Å². The number of fused-ring (bicyclic) bond motifs is 3. The summed E-state index contributed by atoms with van der Waals surface area (Å²) >= 11 is 1.64. The maximum Gasteiger partial charge on any atom is 0.260 e. The van der Waals surface area contributed by atoms with Gasteiger partial charge in [-0.1, -0.05) is 6.42 Å². The number of phenolic OH excluding ortho intramolecular Hbond substituents is 1. The zero-order valence-electron chi connectivity index (χ0n) is 13.4. The molecule has 3 aromatic rings. The highest BCUT2D eigenvalue weighted by molar-refractivity contribution is 7.18. The van der Waals surface area contributed by atoms with Crippen LogP contribution in [0, 0.1) is 0 Å². The maximum atomic E-state index is 12.7. The molecule has 1 aromatic carbocycles. The van der Waals surface area contributed by atoms with E-state index in [0.717, 1.165) is 29.5 Å². The lowest BCUT2D eigenvalue weighted by atomic mass is 10.1. The summed E-state index contributed by atoms with van der Waals surface area (Å²) in [6, 6.07) is 4.94. The quantitative estimate of drug-likeness (QED) is 0.697. The van der Waals surface area contributed by atoms with E-state index < -0.39 is 0 Å². The van der Waals surface area contributed by atoms with Crippen molar-refractivity contribution >= 4 is 21.6 Å². The Bertz CT molecular complexity index is 974. The summed E-state index contributed by atoms with van der Waals surface area (Å²) in [7, 11) is 1.49. The third-order valence-electron chi connectivity index (χ3n) is 4.53. The zero-order chi connectivity index (χ0) is 16.7. The zero-order valence-corrected chi connectivity index (χ0v) is 14.2. The highest BCUT2D eigenvalue weighted by Crippen LogP contribution is 2.34. The minimum Gasteiger partial charge on any atom is -0.504 e. The highest BCUT2D eigenvalue weighted by atomic mass is 32.1. The van der Waals surface area contributed by atoms with Gasteiger partial charge >= 0.3 is 0 Å². The molecule has 2 aromatic heterocycles. The molecule has 0 fully saturated rings. The number of nitrogens with zero attached hydrogens (tertiary/aromatic N) is 1. The van der Waals surface area contributed by atoms with Gasteiger partial charge in [-0.15, -0.1) is 11.3 Å². The summed E-state index contributed by atoms with van der Waals surface area (Å²) in [5.41, 5.74) is 1.82. The third-order valence-corrected chi connectivity index (χ3v) is 5.71. The normalized spacial score (nSPS) is 14.4. The molecule has 0 aliphatic heterocycles. The van der Waals surface area contributed by atoms with Crippen LogP contribution >= 0.6 is 11.3 Å². The van der Waals surface area contributed by atoms with Gasteiger partial charge in [0.1, 0.15) is 10.7 Å². The molecule has 1 aliphatic rings.